The Kier molecular flexibility index (Phi) is 5.83. The highest BCUT2D eigenvalue weighted by molar-refractivity contribution is 7.99. The van der Waals surface area contributed by atoms with Crippen LogP contribution in [0, 0.1) is 5.92 Å². The number of thiophene rings is 1. The first-order valence-corrected chi connectivity index (χ1v) is 12.9. The van der Waals surface area contributed by atoms with E-state index in [0.29, 0.717) is 18.0 Å². The van der Waals surface area contributed by atoms with E-state index in [1.54, 1.807) is 39.5 Å². The second-order valence-corrected chi connectivity index (χ2v) is 11.4. The summed E-state index contributed by atoms with van der Waals surface area (Å²) < 4.78 is 28.8. The lowest BCUT2D eigenvalue weighted by Gasteiger charge is -2.28. The topological polar surface area (TPSA) is 66.5 Å². The van der Waals surface area contributed by atoms with Crippen molar-refractivity contribution < 1.29 is 13.2 Å². The minimum absolute atomic E-state index is 0.0369. The van der Waals surface area contributed by atoms with Crippen LogP contribution in [-0.2, 0) is 21.4 Å². The molecule has 28 heavy (non-hydrogen) atoms. The van der Waals surface area contributed by atoms with Gasteiger partial charge in [0.05, 0.1) is 10.6 Å². The fourth-order valence-corrected chi connectivity index (χ4v) is 7.22. The Labute approximate surface area is 174 Å². The summed E-state index contributed by atoms with van der Waals surface area (Å²) in [5, 5.41) is 4.88. The van der Waals surface area contributed by atoms with E-state index in [0.717, 1.165) is 35.5 Å². The molecular weight excluding hydrogens is 412 g/mol. The highest BCUT2D eigenvalue weighted by Crippen LogP contribution is 2.36. The van der Waals surface area contributed by atoms with Crippen molar-refractivity contribution in [2.75, 3.05) is 11.1 Å². The second-order valence-electron chi connectivity index (χ2n) is 7.43. The summed E-state index contributed by atoms with van der Waals surface area (Å²) in [7, 11) is -3.66. The van der Waals surface area contributed by atoms with Gasteiger partial charge in [-0.3, -0.25) is 4.79 Å². The number of thioether (sulfide) groups is 1. The molecule has 1 saturated carbocycles. The van der Waals surface area contributed by atoms with Crippen molar-refractivity contribution in [3.63, 3.8) is 0 Å². The van der Waals surface area contributed by atoms with Crippen LogP contribution in [0.15, 0.2) is 45.5 Å². The standard InChI is InChI=1S/C20H24N2O3S3/c1-14-13-27-19-9-8-17(11-18(19)21-20(14)23)28(24,25)22(15-5-2-3-6-15)12-16-7-4-10-26-16/h4,7-11,14-15H,2-3,5-6,12-13H2,1H3,(H,21,23)/t14-/m1/s1. The van der Waals surface area contributed by atoms with E-state index < -0.39 is 10.0 Å². The summed E-state index contributed by atoms with van der Waals surface area (Å²) in [6.07, 6.45) is 3.94. The van der Waals surface area contributed by atoms with Crippen LogP contribution in [0.2, 0.25) is 0 Å². The van der Waals surface area contributed by atoms with Crippen molar-refractivity contribution in [2.24, 2.45) is 5.92 Å². The minimum Gasteiger partial charge on any atom is -0.325 e. The second kappa shape index (κ2) is 8.18. The number of hydrogen-bond donors (Lipinski definition) is 1. The van der Waals surface area contributed by atoms with Crippen LogP contribution >= 0.6 is 23.1 Å². The zero-order valence-corrected chi connectivity index (χ0v) is 18.2. The first-order valence-electron chi connectivity index (χ1n) is 9.57. The van der Waals surface area contributed by atoms with Crippen molar-refractivity contribution in [1.29, 1.82) is 0 Å². The molecule has 1 aliphatic carbocycles. The van der Waals surface area contributed by atoms with Gasteiger partial charge in [0.1, 0.15) is 0 Å². The predicted molar refractivity (Wildman–Crippen MR) is 114 cm³/mol. The number of amides is 1. The van der Waals surface area contributed by atoms with Gasteiger partial charge >= 0.3 is 0 Å². The van der Waals surface area contributed by atoms with Crippen molar-refractivity contribution in [1.82, 2.24) is 4.31 Å². The maximum Gasteiger partial charge on any atom is 0.243 e. The fourth-order valence-electron chi connectivity index (χ4n) is 3.73. The van der Waals surface area contributed by atoms with Gasteiger partial charge < -0.3 is 5.32 Å². The maximum absolute atomic E-state index is 13.6. The van der Waals surface area contributed by atoms with Gasteiger partial charge in [0.15, 0.2) is 0 Å². The van der Waals surface area contributed by atoms with E-state index >= 15 is 0 Å². The molecule has 2 aromatic rings. The summed E-state index contributed by atoms with van der Waals surface area (Å²) in [6.45, 7) is 2.29. The molecule has 1 fully saturated rings. The molecule has 0 saturated heterocycles. The molecule has 1 aliphatic heterocycles. The molecule has 0 unspecified atom stereocenters. The molecule has 1 aromatic carbocycles. The summed E-state index contributed by atoms with van der Waals surface area (Å²) in [4.78, 5) is 14.4. The van der Waals surface area contributed by atoms with E-state index in [2.05, 4.69) is 5.32 Å². The van der Waals surface area contributed by atoms with E-state index in [1.807, 2.05) is 30.5 Å². The normalized spacial score (nSPS) is 20.8. The quantitative estimate of drug-likeness (QED) is 0.746. The van der Waals surface area contributed by atoms with Crippen LogP contribution in [0.25, 0.3) is 0 Å². The SMILES string of the molecule is C[C@@H]1CSc2ccc(S(=O)(=O)N(Cc3cccs3)C3CCCC3)cc2NC1=O. The minimum atomic E-state index is -3.66. The average Bonchev–Trinajstić information content (AvgIpc) is 3.36. The van der Waals surface area contributed by atoms with Crippen LogP contribution < -0.4 is 5.32 Å². The Balaban J connectivity index is 1.69. The van der Waals surface area contributed by atoms with Gasteiger partial charge in [-0.2, -0.15) is 4.31 Å². The van der Waals surface area contributed by atoms with Crippen molar-refractivity contribution >= 4 is 44.7 Å². The molecule has 8 heteroatoms. The smallest absolute Gasteiger partial charge is 0.243 e. The average molecular weight is 437 g/mol. The van der Waals surface area contributed by atoms with Crippen molar-refractivity contribution in [3.05, 3.63) is 40.6 Å². The number of sulfonamides is 1. The number of nitrogens with zero attached hydrogens (tertiary/aromatic N) is 1. The summed E-state index contributed by atoms with van der Waals surface area (Å²) in [5.41, 5.74) is 0.600. The Hall–Kier alpha value is -1.35. The van der Waals surface area contributed by atoms with Gasteiger partial charge in [0.25, 0.3) is 0 Å². The molecular formula is C20H24N2O3S3. The number of benzene rings is 1. The Bertz CT molecular complexity index is 951. The number of rotatable bonds is 5. The number of carbonyl (C=O) groups excluding carboxylic acids is 1. The van der Waals surface area contributed by atoms with E-state index in [9.17, 15) is 13.2 Å². The molecule has 1 atom stereocenters. The molecule has 0 bridgehead atoms. The summed E-state index contributed by atoms with van der Waals surface area (Å²) in [5.74, 6) is 0.524. The number of fused-ring (bicyclic) bond motifs is 1. The van der Waals surface area contributed by atoms with Crippen LogP contribution in [-0.4, -0.2) is 30.4 Å². The molecule has 1 aromatic heterocycles. The van der Waals surface area contributed by atoms with E-state index in [-0.39, 0.29) is 22.8 Å². The van der Waals surface area contributed by atoms with Crippen LogP contribution in [0.4, 0.5) is 5.69 Å². The summed E-state index contributed by atoms with van der Waals surface area (Å²) in [6, 6.07) is 9.11. The predicted octanol–water partition coefficient (Wildman–Crippen LogP) is 4.56. The lowest BCUT2D eigenvalue weighted by Crippen LogP contribution is -2.38. The first-order chi connectivity index (χ1) is 13.4. The molecule has 1 N–H and O–H groups in total. The third-order valence-corrected chi connectivity index (χ3v) is 9.46. The monoisotopic (exact) mass is 436 g/mol. The third-order valence-electron chi connectivity index (χ3n) is 5.38. The van der Waals surface area contributed by atoms with Crippen LogP contribution in [0.5, 0.6) is 0 Å². The molecule has 1 amide bonds. The number of hydrogen-bond acceptors (Lipinski definition) is 5. The molecule has 2 aliphatic rings. The number of carbonyl (C=O) groups is 1. The highest BCUT2D eigenvalue weighted by Gasteiger charge is 2.34. The molecule has 0 spiro atoms. The van der Waals surface area contributed by atoms with E-state index in [4.69, 9.17) is 0 Å². The van der Waals surface area contributed by atoms with Gasteiger partial charge in [-0.05, 0) is 42.5 Å². The van der Waals surface area contributed by atoms with Crippen molar-refractivity contribution in [3.8, 4) is 0 Å². The number of nitrogens with one attached hydrogen (secondary N) is 1. The molecule has 2 heterocycles. The highest BCUT2D eigenvalue weighted by atomic mass is 32.2. The van der Waals surface area contributed by atoms with Gasteiger partial charge in [-0.25, -0.2) is 8.42 Å². The van der Waals surface area contributed by atoms with Gasteiger partial charge in [0, 0.05) is 34.0 Å². The molecule has 4 rings (SSSR count). The number of anilines is 1. The zero-order chi connectivity index (χ0) is 19.7. The van der Waals surface area contributed by atoms with E-state index in [1.165, 1.54) is 0 Å². The molecule has 0 radical (unpaired) electrons. The lowest BCUT2D eigenvalue weighted by molar-refractivity contribution is -0.118. The third kappa shape index (κ3) is 4.01. The molecule has 150 valence electrons. The van der Waals surface area contributed by atoms with Crippen LogP contribution in [0.3, 0.4) is 0 Å². The van der Waals surface area contributed by atoms with Gasteiger partial charge in [0.2, 0.25) is 15.9 Å². The van der Waals surface area contributed by atoms with Gasteiger partial charge in [-0.15, -0.1) is 23.1 Å². The zero-order valence-electron chi connectivity index (χ0n) is 15.8. The Morgan fingerprint density at radius 2 is 2.00 bits per heavy atom. The first kappa shape index (κ1) is 19.9. The van der Waals surface area contributed by atoms with Crippen molar-refractivity contribution in [2.45, 2.75) is 55.0 Å². The Morgan fingerprint density at radius 1 is 1.21 bits per heavy atom. The lowest BCUT2D eigenvalue weighted by atomic mass is 10.2. The Morgan fingerprint density at radius 3 is 2.71 bits per heavy atom. The maximum atomic E-state index is 13.6. The summed E-state index contributed by atoms with van der Waals surface area (Å²) >= 11 is 3.17. The molecule has 5 nitrogen and oxygen atoms in total. The fraction of sp³-hybridized carbons (Fsp3) is 0.450. The van der Waals surface area contributed by atoms with Crippen LogP contribution in [0.1, 0.15) is 37.5 Å². The largest absolute Gasteiger partial charge is 0.325 e. The van der Waals surface area contributed by atoms with Gasteiger partial charge in [-0.1, -0.05) is 25.8 Å².